The Bertz CT molecular complexity index is 806. The van der Waals surface area contributed by atoms with Crippen molar-refractivity contribution in [1.82, 2.24) is 9.46 Å². The number of thiophene rings is 1. The molecule has 24 heavy (non-hydrogen) atoms. The molecule has 0 bridgehead atoms. The molecule has 0 spiro atoms. The van der Waals surface area contributed by atoms with Crippen molar-refractivity contribution in [3.05, 3.63) is 23.6 Å². The van der Waals surface area contributed by atoms with Crippen LogP contribution >= 0.6 is 11.3 Å². The molecule has 1 fully saturated rings. The zero-order valence-corrected chi connectivity index (χ0v) is 15.8. The second-order valence-corrected chi connectivity index (χ2v) is 9.60. The molecule has 3 heterocycles. The van der Waals surface area contributed by atoms with Gasteiger partial charge in [0.05, 0.1) is 11.3 Å². The largest absolute Gasteiger partial charge is 0.361 e. The monoisotopic (exact) mass is 369 g/mol. The third-order valence-electron chi connectivity index (χ3n) is 4.57. The summed E-state index contributed by atoms with van der Waals surface area (Å²) in [6.45, 7) is 6.69. The van der Waals surface area contributed by atoms with Gasteiger partial charge in [0, 0.05) is 24.0 Å². The maximum atomic E-state index is 12.9. The number of hydrogen-bond donors (Lipinski definition) is 1. The van der Waals surface area contributed by atoms with Gasteiger partial charge in [0.1, 0.15) is 9.97 Å². The average molecular weight is 370 g/mol. The van der Waals surface area contributed by atoms with Crippen LogP contribution in [0.4, 0.5) is 0 Å². The summed E-state index contributed by atoms with van der Waals surface area (Å²) in [6.07, 6.45) is 1.98. The lowest BCUT2D eigenvalue weighted by Gasteiger charge is -2.14. The number of hydrogen-bond acceptors (Lipinski definition) is 6. The number of sulfonamides is 1. The smallest absolute Gasteiger partial charge is 0.252 e. The lowest BCUT2D eigenvalue weighted by atomic mass is 9.99. The van der Waals surface area contributed by atoms with Crippen molar-refractivity contribution in [1.29, 1.82) is 0 Å². The van der Waals surface area contributed by atoms with Crippen molar-refractivity contribution in [2.24, 2.45) is 11.7 Å². The number of nitrogens with two attached hydrogens (primary N) is 1. The van der Waals surface area contributed by atoms with Gasteiger partial charge in [-0.05, 0) is 38.3 Å². The molecule has 1 saturated heterocycles. The first-order valence-electron chi connectivity index (χ1n) is 8.13. The molecule has 132 valence electrons. The predicted molar refractivity (Wildman–Crippen MR) is 94.4 cm³/mol. The van der Waals surface area contributed by atoms with Crippen LogP contribution in [0, 0.1) is 19.8 Å². The maximum absolute atomic E-state index is 12.9. The van der Waals surface area contributed by atoms with Crippen LogP contribution in [0.15, 0.2) is 20.9 Å². The number of rotatable bonds is 5. The maximum Gasteiger partial charge on any atom is 0.252 e. The zero-order valence-electron chi connectivity index (χ0n) is 14.2. The van der Waals surface area contributed by atoms with Crippen molar-refractivity contribution >= 4 is 21.4 Å². The minimum absolute atomic E-state index is 0.0817. The van der Waals surface area contributed by atoms with Crippen molar-refractivity contribution in [3.8, 4) is 10.4 Å². The molecular formula is C16H23N3O3S2. The van der Waals surface area contributed by atoms with E-state index in [4.69, 9.17) is 10.3 Å². The van der Waals surface area contributed by atoms with Crippen LogP contribution in [0.2, 0.25) is 0 Å². The Kier molecular flexibility index (Phi) is 4.83. The van der Waals surface area contributed by atoms with Crippen LogP contribution in [0.1, 0.15) is 31.2 Å². The van der Waals surface area contributed by atoms with E-state index in [1.165, 1.54) is 15.6 Å². The highest BCUT2D eigenvalue weighted by molar-refractivity contribution is 7.91. The normalized spacial score (nSPS) is 22.3. The van der Waals surface area contributed by atoms with Crippen LogP contribution in [-0.4, -0.2) is 37.0 Å². The van der Waals surface area contributed by atoms with E-state index in [9.17, 15) is 8.42 Å². The number of nitrogens with zero attached hydrogens (tertiary/aromatic N) is 2. The first kappa shape index (κ1) is 17.6. The van der Waals surface area contributed by atoms with E-state index in [1.807, 2.05) is 19.9 Å². The van der Waals surface area contributed by atoms with Crippen molar-refractivity contribution < 1.29 is 12.9 Å². The molecule has 3 rings (SSSR count). The van der Waals surface area contributed by atoms with Crippen LogP contribution in [0.25, 0.3) is 10.4 Å². The summed E-state index contributed by atoms with van der Waals surface area (Å²) in [7, 11) is -3.50. The van der Waals surface area contributed by atoms with E-state index in [0.29, 0.717) is 23.1 Å². The molecule has 2 N–H and O–H groups in total. The Morgan fingerprint density at radius 3 is 2.75 bits per heavy atom. The summed E-state index contributed by atoms with van der Waals surface area (Å²) < 4.78 is 32.9. The first-order chi connectivity index (χ1) is 11.3. The first-order valence-corrected chi connectivity index (χ1v) is 10.4. The van der Waals surface area contributed by atoms with Crippen LogP contribution in [0.3, 0.4) is 0 Å². The van der Waals surface area contributed by atoms with Crippen molar-refractivity contribution in [2.45, 2.75) is 43.9 Å². The quantitative estimate of drug-likeness (QED) is 0.875. The molecule has 2 aromatic heterocycles. The minimum Gasteiger partial charge on any atom is -0.361 e. The average Bonchev–Trinajstić information content (AvgIpc) is 3.21. The Morgan fingerprint density at radius 1 is 1.38 bits per heavy atom. The molecule has 6 nitrogen and oxygen atoms in total. The third-order valence-corrected chi connectivity index (χ3v) is 7.97. The molecule has 0 aliphatic carbocycles. The molecule has 1 aliphatic rings. The van der Waals surface area contributed by atoms with E-state index in [2.05, 4.69) is 12.1 Å². The van der Waals surface area contributed by atoms with E-state index < -0.39 is 10.0 Å². The topological polar surface area (TPSA) is 89.4 Å². The predicted octanol–water partition coefficient (Wildman–Crippen LogP) is 2.77. The van der Waals surface area contributed by atoms with Crippen molar-refractivity contribution in [3.63, 3.8) is 0 Å². The Balaban J connectivity index is 1.87. The van der Waals surface area contributed by atoms with E-state index in [-0.39, 0.29) is 12.0 Å². The summed E-state index contributed by atoms with van der Waals surface area (Å²) in [5, 5.41) is 3.94. The van der Waals surface area contributed by atoms with E-state index in [0.717, 1.165) is 29.0 Å². The summed E-state index contributed by atoms with van der Waals surface area (Å²) in [4.78, 5) is 0.860. The molecule has 0 saturated carbocycles. The Labute approximate surface area is 146 Å². The lowest BCUT2D eigenvalue weighted by molar-refractivity contribution is 0.393. The van der Waals surface area contributed by atoms with Gasteiger partial charge in [-0.3, -0.25) is 0 Å². The summed E-state index contributed by atoms with van der Waals surface area (Å²) >= 11 is 1.26. The zero-order chi connectivity index (χ0) is 17.5. The molecule has 0 aromatic carbocycles. The van der Waals surface area contributed by atoms with Gasteiger partial charge in [-0.1, -0.05) is 18.5 Å². The fraction of sp³-hybridized carbons (Fsp3) is 0.562. The second kappa shape index (κ2) is 6.59. The molecule has 0 unspecified atom stereocenters. The highest BCUT2D eigenvalue weighted by Gasteiger charge is 2.37. The standard InChI is InChI=1S/C16H23N3O3S2/c1-4-5-12-8-19(9-13(12)17)24(20,21)15-7-6-14(23-15)16-10(2)18-22-11(16)3/h6-7,12-13H,4-5,8-9,17H2,1-3H3/t12-,13-/m0/s1. The molecule has 0 amide bonds. The molecule has 2 atom stereocenters. The van der Waals surface area contributed by atoms with Crippen LogP contribution in [-0.2, 0) is 10.0 Å². The highest BCUT2D eigenvalue weighted by Crippen LogP contribution is 2.37. The van der Waals surface area contributed by atoms with Gasteiger partial charge in [0.15, 0.2) is 0 Å². The van der Waals surface area contributed by atoms with Gasteiger partial charge in [0.2, 0.25) is 0 Å². The SMILES string of the molecule is CCC[C@H]1CN(S(=O)(=O)c2ccc(-c3c(C)noc3C)s2)C[C@@H]1N. The summed E-state index contributed by atoms with van der Waals surface area (Å²) in [6, 6.07) is 3.41. The molecule has 2 aromatic rings. The van der Waals surface area contributed by atoms with Gasteiger partial charge in [-0.2, -0.15) is 4.31 Å². The fourth-order valence-electron chi connectivity index (χ4n) is 3.28. The highest BCUT2D eigenvalue weighted by atomic mass is 32.2. The van der Waals surface area contributed by atoms with Crippen LogP contribution < -0.4 is 5.73 Å². The molecule has 0 radical (unpaired) electrons. The molecule has 1 aliphatic heterocycles. The van der Waals surface area contributed by atoms with E-state index >= 15 is 0 Å². The molecular weight excluding hydrogens is 346 g/mol. The van der Waals surface area contributed by atoms with Gasteiger partial charge in [0.25, 0.3) is 10.0 Å². The minimum atomic E-state index is -3.50. The van der Waals surface area contributed by atoms with Gasteiger partial charge in [-0.15, -0.1) is 11.3 Å². The van der Waals surface area contributed by atoms with E-state index in [1.54, 1.807) is 6.07 Å². The Morgan fingerprint density at radius 2 is 2.12 bits per heavy atom. The van der Waals surface area contributed by atoms with Crippen molar-refractivity contribution in [2.75, 3.05) is 13.1 Å². The number of aromatic nitrogens is 1. The van der Waals surface area contributed by atoms with Gasteiger partial charge < -0.3 is 10.3 Å². The Hall–Kier alpha value is -1.22. The summed E-state index contributed by atoms with van der Waals surface area (Å²) in [5.74, 6) is 0.941. The van der Waals surface area contributed by atoms with Gasteiger partial charge >= 0.3 is 0 Å². The fourth-order valence-corrected chi connectivity index (χ4v) is 6.42. The molecule has 8 heteroatoms. The second-order valence-electron chi connectivity index (χ2n) is 6.35. The summed E-state index contributed by atoms with van der Waals surface area (Å²) in [5.41, 5.74) is 7.78. The van der Waals surface area contributed by atoms with Gasteiger partial charge in [-0.25, -0.2) is 8.42 Å². The number of aryl methyl sites for hydroxylation is 2. The lowest BCUT2D eigenvalue weighted by Crippen LogP contribution is -2.32. The third kappa shape index (κ3) is 3.03. The van der Waals surface area contributed by atoms with Crippen LogP contribution in [0.5, 0.6) is 0 Å².